The monoisotopic (exact) mass is 285 g/mol. The summed E-state index contributed by atoms with van der Waals surface area (Å²) in [6.45, 7) is 1.85. The van der Waals surface area contributed by atoms with Crippen molar-refractivity contribution >= 4 is 23.4 Å². The minimum atomic E-state index is -0.475. The van der Waals surface area contributed by atoms with Gasteiger partial charge in [0.05, 0.1) is 31.6 Å². The molecule has 1 unspecified atom stereocenters. The number of nitro groups is 1. The number of rotatable bonds is 6. The van der Waals surface area contributed by atoms with E-state index in [9.17, 15) is 14.9 Å². The second kappa shape index (κ2) is 6.98. The Balaban J connectivity index is 2.85. The summed E-state index contributed by atoms with van der Waals surface area (Å²) in [6.07, 6.45) is 0.242. The number of benzene rings is 1. The Kier molecular flexibility index (Phi) is 5.62. The van der Waals surface area contributed by atoms with Crippen LogP contribution in [0.1, 0.15) is 13.3 Å². The Morgan fingerprint density at radius 2 is 2.11 bits per heavy atom. The Morgan fingerprint density at radius 3 is 2.63 bits per heavy atom. The first-order valence-electron chi connectivity index (χ1n) is 5.53. The smallest absolute Gasteiger partial charge is 0.306 e. The number of ether oxygens (including phenoxy) is 2. The maximum absolute atomic E-state index is 11.1. The van der Waals surface area contributed by atoms with E-state index in [-0.39, 0.29) is 23.3 Å². The van der Waals surface area contributed by atoms with Gasteiger partial charge in [-0.25, -0.2) is 0 Å². The van der Waals surface area contributed by atoms with E-state index in [1.165, 1.54) is 38.1 Å². The highest BCUT2D eigenvalue weighted by Gasteiger charge is 2.15. The zero-order valence-corrected chi connectivity index (χ0v) is 11.7. The van der Waals surface area contributed by atoms with Gasteiger partial charge in [-0.05, 0) is 6.07 Å². The number of hydrogen-bond acceptors (Lipinski definition) is 6. The number of carbonyl (C=O) groups is 1. The molecule has 7 heteroatoms. The summed E-state index contributed by atoms with van der Waals surface area (Å²) in [5, 5.41) is 10.8. The molecule has 0 fully saturated rings. The van der Waals surface area contributed by atoms with Crippen molar-refractivity contribution in [3.05, 3.63) is 28.3 Å². The van der Waals surface area contributed by atoms with Gasteiger partial charge in [0.15, 0.2) is 0 Å². The lowest BCUT2D eigenvalue weighted by Crippen LogP contribution is -2.08. The largest absolute Gasteiger partial charge is 0.496 e. The summed E-state index contributed by atoms with van der Waals surface area (Å²) >= 11 is 1.36. The topological polar surface area (TPSA) is 78.7 Å². The average molecular weight is 285 g/mol. The van der Waals surface area contributed by atoms with Crippen LogP contribution in [0.2, 0.25) is 0 Å². The summed E-state index contributed by atoms with van der Waals surface area (Å²) in [7, 11) is 2.78. The Hall–Kier alpha value is -1.76. The fourth-order valence-electron chi connectivity index (χ4n) is 1.44. The van der Waals surface area contributed by atoms with Gasteiger partial charge in [0, 0.05) is 16.2 Å². The van der Waals surface area contributed by atoms with Crippen LogP contribution in [-0.4, -0.2) is 30.4 Å². The molecule has 1 atom stereocenters. The molecule has 0 aliphatic heterocycles. The zero-order valence-electron chi connectivity index (χ0n) is 10.9. The Bertz CT molecular complexity index is 477. The van der Waals surface area contributed by atoms with E-state index < -0.39 is 4.92 Å². The van der Waals surface area contributed by atoms with E-state index in [0.717, 1.165) is 0 Å². The van der Waals surface area contributed by atoms with Crippen molar-refractivity contribution in [1.29, 1.82) is 0 Å². The van der Waals surface area contributed by atoms with Gasteiger partial charge >= 0.3 is 5.97 Å². The number of carbonyl (C=O) groups excluding carboxylic acids is 1. The summed E-state index contributed by atoms with van der Waals surface area (Å²) in [5.74, 6) is 0.111. The highest BCUT2D eigenvalue weighted by molar-refractivity contribution is 8.00. The van der Waals surface area contributed by atoms with E-state index in [1.54, 1.807) is 6.07 Å². The number of thioether (sulfide) groups is 1. The SMILES string of the molecule is COC(=O)CC(C)Sc1cc(OC)cc([N+](=O)[O-])c1. The van der Waals surface area contributed by atoms with Crippen LogP contribution in [-0.2, 0) is 9.53 Å². The predicted molar refractivity (Wildman–Crippen MR) is 71.6 cm³/mol. The fraction of sp³-hybridized carbons (Fsp3) is 0.417. The number of non-ortho nitro benzene ring substituents is 1. The third-order valence-electron chi connectivity index (χ3n) is 2.33. The van der Waals surface area contributed by atoms with Gasteiger partial charge in [0.25, 0.3) is 5.69 Å². The summed E-state index contributed by atoms with van der Waals surface area (Å²) in [5.41, 5.74) is -0.0351. The van der Waals surface area contributed by atoms with Crippen molar-refractivity contribution in [3.63, 3.8) is 0 Å². The maximum atomic E-state index is 11.1. The second-order valence-electron chi connectivity index (χ2n) is 3.83. The molecule has 6 nitrogen and oxygen atoms in total. The molecule has 1 rings (SSSR count). The molecule has 0 heterocycles. The van der Waals surface area contributed by atoms with Crippen LogP contribution >= 0.6 is 11.8 Å². The summed E-state index contributed by atoms with van der Waals surface area (Å²) in [4.78, 5) is 22.1. The molecule has 0 bridgehead atoms. The van der Waals surface area contributed by atoms with Crippen molar-refractivity contribution in [3.8, 4) is 5.75 Å². The molecule has 0 aromatic heterocycles. The molecule has 0 saturated carbocycles. The molecule has 0 aliphatic rings. The van der Waals surface area contributed by atoms with Crippen LogP contribution < -0.4 is 4.74 Å². The summed E-state index contributed by atoms with van der Waals surface area (Å²) < 4.78 is 9.60. The number of hydrogen-bond donors (Lipinski definition) is 0. The predicted octanol–water partition coefficient (Wildman–Crippen LogP) is 2.65. The highest BCUT2D eigenvalue weighted by Crippen LogP contribution is 2.32. The molecule has 0 amide bonds. The van der Waals surface area contributed by atoms with Crippen LogP contribution in [0.4, 0.5) is 5.69 Å². The normalized spacial score (nSPS) is 11.7. The quantitative estimate of drug-likeness (QED) is 0.346. The third-order valence-corrected chi connectivity index (χ3v) is 3.41. The minimum Gasteiger partial charge on any atom is -0.496 e. The first-order valence-corrected chi connectivity index (χ1v) is 6.41. The fourth-order valence-corrected chi connectivity index (χ4v) is 2.50. The molecule has 104 valence electrons. The first kappa shape index (κ1) is 15.3. The van der Waals surface area contributed by atoms with Crippen LogP contribution in [0.15, 0.2) is 23.1 Å². The third kappa shape index (κ3) is 4.78. The Morgan fingerprint density at radius 1 is 1.42 bits per heavy atom. The van der Waals surface area contributed by atoms with E-state index in [2.05, 4.69) is 4.74 Å². The van der Waals surface area contributed by atoms with Crippen molar-refractivity contribution in [2.24, 2.45) is 0 Å². The lowest BCUT2D eigenvalue weighted by atomic mass is 10.3. The van der Waals surface area contributed by atoms with Gasteiger partial charge in [-0.15, -0.1) is 11.8 Å². The van der Waals surface area contributed by atoms with Crippen LogP contribution in [0.25, 0.3) is 0 Å². The molecule has 19 heavy (non-hydrogen) atoms. The summed E-state index contributed by atoms with van der Waals surface area (Å²) in [6, 6.07) is 4.52. The highest BCUT2D eigenvalue weighted by atomic mass is 32.2. The van der Waals surface area contributed by atoms with Crippen LogP contribution in [0, 0.1) is 10.1 Å². The second-order valence-corrected chi connectivity index (χ2v) is 5.34. The standard InChI is InChI=1S/C12H15NO5S/c1-8(4-12(14)18-3)19-11-6-9(13(15)16)5-10(7-11)17-2/h5-8H,4H2,1-3H3. The molecule has 1 aromatic carbocycles. The molecule has 1 aromatic rings. The molecule has 0 N–H and O–H groups in total. The van der Waals surface area contributed by atoms with Crippen molar-refractivity contribution in [2.45, 2.75) is 23.5 Å². The van der Waals surface area contributed by atoms with Gasteiger partial charge in [-0.1, -0.05) is 6.92 Å². The number of nitro benzene ring substituents is 1. The van der Waals surface area contributed by atoms with Crippen molar-refractivity contribution in [1.82, 2.24) is 0 Å². The van der Waals surface area contributed by atoms with Gasteiger partial charge in [-0.3, -0.25) is 14.9 Å². The van der Waals surface area contributed by atoms with Gasteiger partial charge in [-0.2, -0.15) is 0 Å². The van der Waals surface area contributed by atoms with Crippen molar-refractivity contribution in [2.75, 3.05) is 14.2 Å². The van der Waals surface area contributed by atoms with Crippen LogP contribution in [0.3, 0.4) is 0 Å². The molecule has 0 saturated heterocycles. The minimum absolute atomic E-state index is 0.0351. The van der Waals surface area contributed by atoms with Crippen LogP contribution in [0.5, 0.6) is 5.75 Å². The van der Waals surface area contributed by atoms with Gasteiger partial charge in [0.2, 0.25) is 0 Å². The maximum Gasteiger partial charge on any atom is 0.306 e. The molecule has 0 spiro atoms. The zero-order chi connectivity index (χ0) is 14.4. The van der Waals surface area contributed by atoms with Crippen molar-refractivity contribution < 1.29 is 19.2 Å². The van der Waals surface area contributed by atoms with E-state index >= 15 is 0 Å². The molecular weight excluding hydrogens is 270 g/mol. The average Bonchev–Trinajstić information content (AvgIpc) is 2.37. The number of nitrogens with zero attached hydrogens (tertiary/aromatic N) is 1. The van der Waals surface area contributed by atoms with Gasteiger partial charge < -0.3 is 9.47 Å². The van der Waals surface area contributed by atoms with E-state index in [1.807, 2.05) is 6.92 Å². The lowest BCUT2D eigenvalue weighted by molar-refractivity contribution is -0.385. The Labute approximate surface area is 115 Å². The number of methoxy groups -OCH3 is 2. The number of esters is 1. The lowest BCUT2D eigenvalue weighted by Gasteiger charge is -2.10. The molecular formula is C12H15NO5S. The molecule has 0 aliphatic carbocycles. The van der Waals surface area contributed by atoms with Gasteiger partial charge in [0.1, 0.15) is 5.75 Å². The van der Waals surface area contributed by atoms with E-state index in [4.69, 9.17) is 4.74 Å². The first-order chi connectivity index (χ1) is 8.96. The van der Waals surface area contributed by atoms with E-state index in [0.29, 0.717) is 10.6 Å². The molecule has 0 radical (unpaired) electrons.